The molecule has 0 amide bonds. The fourth-order valence-electron chi connectivity index (χ4n) is 3.11. The first-order chi connectivity index (χ1) is 15.5. The van der Waals surface area contributed by atoms with Gasteiger partial charge in [0.15, 0.2) is 11.5 Å². The fourth-order valence-corrected chi connectivity index (χ4v) is 3.11. The first-order valence-corrected chi connectivity index (χ1v) is 9.59. The number of fused-ring (bicyclic) bond motifs is 1. The summed E-state index contributed by atoms with van der Waals surface area (Å²) in [5, 5.41) is 20.0. The Balaban J connectivity index is 1.68. The average Bonchev–Trinajstić information content (AvgIpc) is 2.79. The van der Waals surface area contributed by atoms with Crippen LogP contribution in [0, 0.1) is 0 Å². The average molecular weight is 436 g/mol. The molecule has 8 heteroatoms. The summed E-state index contributed by atoms with van der Waals surface area (Å²) < 4.78 is 27.5. The monoisotopic (exact) mass is 436 g/mol. The van der Waals surface area contributed by atoms with Crippen molar-refractivity contribution in [2.75, 3.05) is 14.2 Å². The summed E-state index contributed by atoms with van der Waals surface area (Å²) in [6.45, 7) is 0.180. The first-order valence-electron chi connectivity index (χ1n) is 9.59. The smallest absolute Gasteiger partial charge is 0.294 e. The number of methoxy groups -OCH3 is 2. The summed E-state index contributed by atoms with van der Waals surface area (Å²) >= 11 is 0. The van der Waals surface area contributed by atoms with Crippen LogP contribution in [0.3, 0.4) is 0 Å². The number of hydrogen-bond acceptors (Lipinski definition) is 8. The fraction of sp³-hybridized carbons (Fsp3) is 0.125. The van der Waals surface area contributed by atoms with E-state index in [1.165, 1.54) is 37.4 Å². The number of benzene rings is 3. The van der Waals surface area contributed by atoms with Crippen molar-refractivity contribution < 1.29 is 33.6 Å². The molecule has 8 nitrogen and oxygen atoms in total. The van der Waals surface area contributed by atoms with Crippen LogP contribution in [0.4, 0.5) is 0 Å². The molecule has 4 aromatic rings. The molecular weight excluding hydrogens is 416 g/mol. The molecule has 1 aromatic heterocycles. The minimum atomic E-state index is -0.516. The molecule has 0 saturated carbocycles. The highest BCUT2D eigenvalue weighted by atomic mass is 16.6. The van der Waals surface area contributed by atoms with Crippen LogP contribution in [0.1, 0.15) is 5.56 Å². The van der Waals surface area contributed by atoms with Crippen LogP contribution >= 0.6 is 0 Å². The van der Waals surface area contributed by atoms with E-state index >= 15 is 0 Å². The molecule has 0 aliphatic rings. The van der Waals surface area contributed by atoms with Crippen molar-refractivity contribution in [3.63, 3.8) is 0 Å². The SMILES string of the molecule is COc1ccc(COc2cc3oc(Oc4ccc(O)cc4)cc(=O)c3c(O)c2OC)cc1. The molecular formula is C24H20O8. The zero-order valence-electron chi connectivity index (χ0n) is 17.3. The largest absolute Gasteiger partial charge is 0.508 e. The molecule has 0 saturated heterocycles. The van der Waals surface area contributed by atoms with Crippen LogP contribution in [-0.4, -0.2) is 24.4 Å². The van der Waals surface area contributed by atoms with E-state index in [9.17, 15) is 15.0 Å². The maximum Gasteiger partial charge on any atom is 0.294 e. The molecule has 0 unspecified atom stereocenters. The molecule has 2 N–H and O–H groups in total. The lowest BCUT2D eigenvalue weighted by Gasteiger charge is -2.14. The lowest BCUT2D eigenvalue weighted by Crippen LogP contribution is -2.04. The maximum atomic E-state index is 12.6. The Labute approximate surface area is 182 Å². The lowest BCUT2D eigenvalue weighted by atomic mass is 10.1. The standard InChI is InChI=1S/C24H20O8/c1-28-16-7-3-14(4-8-16)13-30-20-12-19-22(23(27)24(20)29-2)18(26)11-21(32-19)31-17-9-5-15(25)6-10-17/h3-12,25,27H,13H2,1-2H3. The van der Waals surface area contributed by atoms with Gasteiger partial charge in [-0.25, -0.2) is 0 Å². The highest BCUT2D eigenvalue weighted by Crippen LogP contribution is 2.42. The zero-order chi connectivity index (χ0) is 22.7. The normalized spacial score (nSPS) is 10.7. The molecule has 0 fully saturated rings. The third-order valence-electron chi connectivity index (χ3n) is 4.70. The Morgan fingerprint density at radius 1 is 0.875 bits per heavy atom. The van der Waals surface area contributed by atoms with E-state index in [1.807, 2.05) is 12.1 Å². The second kappa shape index (κ2) is 8.81. The zero-order valence-corrected chi connectivity index (χ0v) is 17.3. The Morgan fingerprint density at radius 2 is 1.56 bits per heavy atom. The van der Waals surface area contributed by atoms with E-state index < -0.39 is 5.43 Å². The van der Waals surface area contributed by atoms with Gasteiger partial charge in [-0.3, -0.25) is 4.79 Å². The Bertz CT molecular complexity index is 1290. The number of phenolic OH excluding ortho intramolecular Hbond substituents is 2. The number of aromatic hydroxyl groups is 2. The van der Waals surface area contributed by atoms with E-state index in [4.69, 9.17) is 23.4 Å². The van der Waals surface area contributed by atoms with Crippen molar-refractivity contribution in [1.82, 2.24) is 0 Å². The molecule has 32 heavy (non-hydrogen) atoms. The number of rotatable bonds is 7. The molecule has 0 bridgehead atoms. The third-order valence-corrected chi connectivity index (χ3v) is 4.70. The molecule has 1 heterocycles. The molecule has 0 spiro atoms. The predicted octanol–water partition coefficient (Wildman–Crippen LogP) is 4.59. The summed E-state index contributed by atoms with van der Waals surface area (Å²) in [4.78, 5) is 12.6. The van der Waals surface area contributed by atoms with Crippen LogP contribution < -0.4 is 24.4 Å². The van der Waals surface area contributed by atoms with E-state index in [0.29, 0.717) is 5.75 Å². The second-order valence-corrected chi connectivity index (χ2v) is 6.79. The van der Waals surface area contributed by atoms with Crippen molar-refractivity contribution in [3.8, 4) is 40.4 Å². The minimum absolute atomic E-state index is 0.0190. The van der Waals surface area contributed by atoms with Crippen LogP contribution in [0.25, 0.3) is 11.0 Å². The maximum absolute atomic E-state index is 12.6. The van der Waals surface area contributed by atoms with Gasteiger partial charge < -0.3 is 33.6 Å². The number of hydrogen-bond donors (Lipinski definition) is 2. The molecule has 0 aliphatic heterocycles. The highest BCUT2D eigenvalue weighted by molar-refractivity contribution is 5.88. The van der Waals surface area contributed by atoms with Crippen LogP contribution in [0.2, 0.25) is 0 Å². The highest BCUT2D eigenvalue weighted by Gasteiger charge is 2.20. The second-order valence-electron chi connectivity index (χ2n) is 6.79. The number of ether oxygens (including phenoxy) is 4. The molecule has 0 aliphatic carbocycles. The molecule has 0 radical (unpaired) electrons. The van der Waals surface area contributed by atoms with E-state index in [1.54, 1.807) is 19.2 Å². The third kappa shape index (κ3) is 4.24. The van der Waals surface area contributed by atoms with Gasteiger partial charge in [-0.1, -0.05) is 12.1 Å². The van der Waals surface area contributed by atoms with Crippen molar-refractivity contribution in [1.29, 1.82) is 0 Å². The van der Waals surface area contributed by atoms with Gasteiger partial charge in [-0.05, 0) is 42.0 Å². The molecule has 4 rings (SSSR count). The van der Waals surface area contributed by atoms with E-state index in [2.05, 4.69) is 0 Å². The van der Waals surface area contributed by atoms with E-state index in [-0.39, 0.29) is 46.5 Å². The molecule has 0 atom stereocenters. The summed E-state index contributed by atoms with van der Waals surface area (Å²) in [7, 11) is 2.95. The van der Waals surface area contributed by atoms with Crippen molar-refractivity contribution in [2.24, 2.45) is 0 Å². The van der Waals surface area contributed by atoms with Crippen LogP contribution in [0.15, 0.2) is 69.9 Å². The van der Waals surface area contributed by atoms with Crippen molar-refractivity contribution in [2.45, 2.75) is 6.61 Å². The number of phenols is 2. The quantitative estimate of drug-likeness (QED) is 0.433. The minimum Gasteiger partial charge on any atom is -0.508 e. The van der Waals surface area contributed by atoms with Gasteiger partial charge in [-0.2, -0.15) is 0 Å². The van der Waals surface area contributed by atoms with Gasteiger partial charge in [0.2, 0.25) is 11.2 Å². The topological polar surface area (TPSA) is 108 Å². The summed E-state index contributed by atoms with van der Waals surface area (Å²) in [6, 6.07) is 15.8. The van der Waals surface area contributed by atoms with Gasteiger partial charge in [0.1, 0.15) is 34.8 Å². The summed E-state index contributed by atoms with van der Waals surface area (Å²) in [6.07, 6.45) is 0. The Kier molecular flexibility index (Phi) is 5.76. The molecule has 164 valence electrons. The molecule has 3 aromatic carbocycles. The van der Waals surface area contributed by atoms with Crippen molar-refractivity contribution in [3.05, 3.63) is 76.5 Å². The van der Waals surface area contributed by atoms with Gasteiger partial charge in [0.05, 0.1) is 20.3 Å². The Hall–Kier alpha value is -4.33. The first kappa shape index (κ1) is 20.9. The van der Waals surface area contributed by atoms with Crippen molar-refractivity contribution >= 4 is 11.0 Å². The van der Waals surface area contributed by atoms with Gasteiger partial charge in [0.25, 0.3) is 5.95 Å². The van der Waals surface area contributed by atoms with E-state index in [0.717, 1.165) is 17.4 Å². The van der Waals surface area contributed by atoms with Gasteiger partial charge in [-0.15, -0.1) is 0 Å². The Morgan fingerprint density at radius 3 is 2.22 bits per heavy atom. The van der Waals surface area contributed by atoms with Gasteiger partial charge >= 0.3 is 0 Å². The summed E-state index contributed by atoms with van der Waals surface area (Å²) in [5.41, 5.74) is 0.408. The predicted molar refractivity (Wildman–Crippen MR) is 116 cm³/mol. The van der Waals surface area contributed by atoms with Crippen LogP contribution in [-0.2, 0) is 6.61 Å². The van der Waals surface area contributed by atoms with Gasteiger partial charge in [0, 0.05) is 6.07 Å². The lowest BCUT2D eigenvalue weighted by molar-refractivity contribution is 0.277. The van der Waals surface area contributed by atoms with Crippen LogP contribution in [0.5, 0.6) is 40.4 Å². The summed E-state index contributed by atoms with van der Waals surface area (Å²) in [5.74, 6) is 0.895.